The number of aliphatic hydroxyl groups is 2. The normalized spacial score (nSPS) is 14.3. The Morgan fingerprint density at radius 3 is 2.67 bits per heavy atom. The molecule has 1 aromatic rings. The molecule has 0 radical (unpaired) electrons. The molecule has 0 aliphatic heterocycles. The highest BCUT2D eigenvalue weighted by molar-refractivity contribution is 6.30. The fourth-order valence-electron chi connectivity index (χ4n) is 1.45. The van der Waals surface area contributed by atoms with Crippen LogP contribution in [-0.4, -0.2) is 32.1 Å². The predicted molar refractivity (Wildman–Crippen MR) is 66.9 cm³/mol. The summed E-state index contributed by atoms with van der Waals surface area (Å²) in [5, 5.41) is 30.1. The van der Waals surface area contributed by atoms with Crippen LogP contribution in [0, 0.1) is 17.0 Å². The number of hydrogen-bond acceptors (Lipinski definition) is 5. The van der Waals surface area contributed by atoms with Gasteiger partial charge in [-0.05, 0) is 13.3 Å². The Morgan fingerprint density at radius 2 is 2.17 bits per heavy atom. The number of pyridine rings is 1. The highest BCUT2D eigenvalue weighted by Gasteiger charge is 2.25. The summed E-state index contributed by atoms with van der Waals surface area (Å²) in [7, 11) is 0. The second-order valence-electron chi connectivity index (χ2n) is 3.72. The summed E-state index contributed by atoms with van der Waals surface area (Å²) in [6, 6.07) is 1.12. The van der Waals surface area contributed by atoms with Crippen molar-refractivity contribution in [2.75, 3.05) is 5.88 Å². The lowest BCUT2D eigenvalue weighted by atomic mass is 10.0. The Labute approximate surface area is 113 Å². The van der Waals surface area contributed by atoms with Crippen molar-refractivity contribution in [1.29, 1.82) is 0 Å². The molecule has 8 heteroatoms. The van der Waals surface area contributed by atoms with Gasteiger partial charge in [0, 0.05) is 17.5 Å². The third-order valence-electron chi connectivity index (χ3n) is 2.45. The van der Waals surface area contributed by atoms with Gasteiger partial charge in [-0.1, -0.05) is 11.6 Å². The van der Waals surface area contributed by atoms with Gasteiger partial charge in [0.1, 0.15) is 17.0 Å². The summed E-state index contributed by atoms with van der Waals surface area (Å²) < 4.78 is 0. The van der Waals surface area contributed by atoms with E-state index in [-0.39, 0.29) is 34.4 Å². The highest BCUT2D eigenvalue weighted by Crippen LogP contribution is 2.30. The summed E-state index contributed by atoms with van der Waals surface area (Å²) in [6.45, 7) is 1.44. The molecule has 0 aliphatic carbocycles. The lowest BCUT2D eigenvalue weighted by Gasteiger charge is -2.18. The number of halogens is 2. The van der Waals surface area contributed by atoms with E-state index < -0.39 is 17.1 Å². The molecule has 0 spiro atoms. The van der Waals surface area contributed by atoms with Crippen molar-refractivity contribution in [2.24, 2.45) is 0 Å². The standard InChI is InChI=1S/C10H12Cl2N2O4/c1-5-7(14(17)18)4-6(10(12)13-5)9(16)8(15)2-3-11/h4,8-9,15-16H,2-3H2,1H3. The Hall–Kier alpha value is -0.950. The minimum atomic E-state index is -1.36. The smallest absolute Gasteiger partial charge is 0.290 e. The SMILES string of the molecule is Cc1nc(Cl)c(C(O)C(O)CCCl)cc1[N+](=O)[O-]. The van der Waals surface area contributed by atoms with E-state index in [9.17, 15) is 20.3 Å². The summed E-state index contributed by atoms with van der Waals surface area (Å²) >= 11 is 11.3. The molecule has 1 rings (SSSR count). The number of nitrogens with zero attached hydrogens (tertiary/aromatic N) is 2. The van der Waals surface area contributed by atoms with Gasteiger partial charge < -0.3 is 10.2 Å². The zero-order valence-electron chi connectivity index (χ0n) is 9.51. The quantitative estimate of drug-likeness (QED) is 0.375. The molecule has 1 heterocycles. The van der Waals surface area contributed by atoms with Gasteiger partial charge >= 0.3 is 0 Å². The van der Waals surface area contributed by atoms with Crippen LogP contribution in [0.5, 0.6) is 0 Å². The molecule has 18 heavy (non-hydrogen) atoms. The fourth-order valence-corrected chi connectivity index (χ4v) is 1.97. The summed E-state index contributed by atoms with van der Waals surface area (Å²) in [5.41, 5.74) is -0.0918. The van der Waals surface area contributed by atoms with Gasteiger partial charge in [0.15, 0.2) is 0 Å². The van der Waals surface area contributed by atoms with E-state index in [0.29, 0.717) is 0 Å². The lowest BCUT2D eigenvalue weighted by Crippen LogP contribution is -2.19. The number of aromatic nitrogens is 1. The van der Waals surface area contributed by atoms with Crippen LogP contribution in [-0.2, 0) is 0 Å². The summed E-state index contributed by atoms with van der Waals surface area (Å²) in [5.74, 6) is 0.150. The molecule has 6 nitrogen and oxygen atoms in total. The van der Waals surface area contributed by atoms with E-state index in [1.807, 2.05) is 0 Å². The maximum Gasteiger partial charge on any atom is 0.290 e. The van der Waals surface area contributed by atoms with E-state index in [0.717, 1.165) is 6.07 Å². The van der Waals surface area contributed by atoms with Gasteiger partial charge in [-0.25, -0.2) is 4.98 Å². The van der Waals surface area contributed by atoms with Gasteiger partial charge in [0.05, 0.1) is 11.0 Å². The van der Waals surface area contributed by atoms with Crippen molar-refractivity contribution >= 4 is 28.9 Å². The van der Waals surface area contributed by atoms with Crippen LogP contribution in [0.25, 0.3) is 0 Å². The molecule has 0 fully saturated rings. The van der Waals surface area contributed by atoms with E-state index in [4.69, 9.17) is 23.2 Å². The first-order chi connectivity index (χ1) is 8.38. The third-order valence-corrected chi connectivity index (χ3v) is 2.97. The van der Waals surface area contributed by atoms with Crippen molar-refractivity contribution in [3.05, 3.63) is 32.6 Å². The van der Waals surface area contributed by atoms with Gasteiger partial charge in [-0.2, -0.15) is 0 Å². The molecule has 2 N–H and O–H groups in total. The number of alkyl halides is 1. The van der Waals surface area contributed by atoms with Crippen LogP contribution >= 0.6 is 23.2 Å². The van der Waals surface area contributed by atoms with E-state index >= 15 is 0 Å². The Balaban J connectivity index is 3.15. The Morgan fingerprint density at radius 1 is 1.56 bits per heavy atom. The monoisotopic (exact) mass is 294 g/mol. The topological polar surface area (TPSA) is 96.5 Å². The van der Waals surface area contributed by atoms with Crippen molar-refractivity contribution in [3.63, 3.8) is 0 Å². The molecule has 0 saturated heterocycles. The van der Waals surface area contributed by atoms with Gasteiger partial charge in [0.25, 0.3) is 5.69 Å². The first kappa shape index (κ1) is 15.1. The van der Waals surface area contributed by atoms with Crippen molar-refractivity contribution in [2.45, 2.75) is 25.6 Å². The predicted octanol–water partition coefficient (Wildman–Crippen LogP) is 1.97. The molecule has 0 saturated carbocycles. The molecule has 0 amide bonds. The zero-order valence-corrected chi connectivity index (χ0v) is 11.0. The Kier molecular flexibility index (Phi) is 5.28. The molecule has 100 valence electrons. The number of nitro groups is 1. The molecular formula is C10H12Cl2N2O4. The van der Waals surface area contributed by atoms with Crippen LogP contribution in [0.1, 0.15) is 23.8 Å². The van der Waals surface area contributed by atoms with Crippen LogP contribution < -0.4 is 0 Å². The number of aliphatic hydroxyl groups excluding tert-OH is 2. The number of rotatable bonds is 5. The first-order valence-electron chi connectivity index (χ1n) is 5.12. The minimum Gasteiger partial charge on any atom is -0.390 e. The van der Waals surface area contributed by atoms with Crippen LogP contribution in [0.2, 0.25) is 5.15 Å². The number of hydrogen-bond donors (Lipinski definition) is 2. The Bertz CT molecular complexity index is 456. The average Bonchev–Trinajstić information content (AvgIpc) is 2.28. The average molecular weight is 295 g/mol. The van der Waals surface area contributed by atoms with E-state index in [2.05, 4.69) is 4.98 Å². The maximum atomic E-state index is 10.8. The maximum absolute atomic E-state index is 10.8. The van der Waals surface area contributed by atoms with E-state index in [1.165, 1.54) is 6.92 Å². The number of aryl methyl sites for hydroxylation is 1. The van der Waals surface area contributed by atoms with Crippen molar-refractivity contribution < 1.29 is 15.1 Å². The van der Waals surface area contributed by atoms with Gasteiger partial charge in [0.2, 0.25) is 0 Å². The highest BCUT2D eigenvalue weighted by atomic mass is 35.5. The van der Waals surface area contributed by atoms with Crippen LogP contribution in [0.3, 0.4) is 0 Å². The molecule has 0 bridgehead atoms. The lowest BCUT2D eigenvalue weighted by molar-refractivity contribution is -0.385. The summed E-state index contributed by atoms with van der Waals surface area (Å²) in [6.07, 6.45) is -2.37. The molecule has 0 aromatic carbocycles. The first-order valence-corrected chi connectivity index (χ1v) is 6.03. The van der Waals surface area contributed by atoms with E-state index in [1.54, 1.807) is 0 Å². The van der Waals surface area contributed by atoms with Crippen LogP contribution in [0.4, 0.5) is 5.69 Å². The van der Waals surface area contributed by atoms with Crippen molar-refractivity contribution in [1.82, 2.24) is 4.98 Å². The summed E-state index contributed by atoms with van der Waals surface area (Å²) in [4.78, 5) is 13.9. The van der Waals surface area contributed by atoms with Gasteiger partial charge in [-0.15, -0.1) is 11.6 Å². The fraction of sp³-hybridized carbons (Fsp3) is 0.500. The molecule has 0 aliphatic rings. The molecule has 1 aromatic heterocycles. The second-order valence-corrected chi connectivity index (χ2v) is 4.46. The second kappa shape index (κ2) is 6.29. The van der Waals surface area contributed by atoms with Gasteiger partial charge in [-0.3, -0.25) is 10.1 Å². The largest absolute Gasteiger partial charge is 0.390 e. The minimum absolute atomic E-state index is 0.0200. The molecule has 2 unspecified atom stereocenters. The molecule has 2 atom stereocenters. The zero-order chi connectivity index (χ0) is 13.9. The van der Waals surface area contributed by atoms with Crippen LogP contribution in [0.15, 0.2) is 6.07 Å². The third kappa shape index (κ3) is 3.29. The van der Waals surface area contributed by atoms with Crippen molar-refractivity contribution in [3.8, 4) is 0 Å². The molecular weight excluding hydrogens is 283 g/mol.